The highest BCUT2D eigenvalue weighted by atomic mass is 31.1. The first-order valence-electron chi connectivity index (χ1n) is 13.0. The van der Waals surface area contributed by atoms with Gasteiger partial charge in [-0.15, -0.1) is 8.58 Å². The van der Waals surface area contributed by atoms with Crippen LogP contribution in [0.4, 0.5) is 0 Å². The van der Waals surface area contributed by atoms with Gasteiger partial charge in [-0.25, -0.2) is 9.59 Å². The van der Waals surface area contributed by atoms with Gasteiger partial charge in [-0.2, -0.15) is 0 Å². The van der Waals surface area contributed by atoms with E-state index < -0.39 is 0 Å². The largest absolute Gasteiger partial charge is 0.459 e. The number of allylic oxidation sites excluding steroid dienone is 2. The van der Waals surface area contributed by atoms with E-state index in [9.17, 15) is 9.59 Å². The molecule has 0 aliphatic rings. The van der Waals surface area contributed by atoms with Crippen LogP contribution in [0.3, 0.4) is 0 Å². The lowest BCUT2D eigenvalue weighted by Gasteiger charge is -2.29. The number of rotatable bonds is 19. The molecular formula is C27H54N2O4P2+2. The molecule has 0 aromatic heterocycles. The van der Waals surface area contributed by atoms with Crippen LogP contribution in [0.15, 0.2) is 24.3 Å². The maximum absolute atomic E-state index is 12.1. The molecule has 0 spiro atoms. The molecule has 35 heavy (non-hydrogen) atoms. The lowest BCUT2D eigenvalue weighted by atomic mass is 10.2. The van der Waals surface area contributed by atoms with E-state index in [1.165, 1.54) is 12.2 Å². The Kier molecular flexibility index (Phi) is 18.0. The number of hydrogen-bond donors (Lipinski definition) is 0. The van der Waals surface area contributed by atoms with Crippen LogP contribution in [0.1, 0.15) is 40.0 Å². The summed E-state index contributed by atoms with van der Waals surface area (Å²) in [6, 6.07) is 0. The van der Waals surface area contributed by atoms with Crippen molar-refractivity contribution in [2.75, 3.05) is 86.2 Å². The first kappa shape index (κ1) is 34.2. The number of ether oxygens (including phenoxy) is 2. The van der Waals surface area contributed by atoms with Crippen molar-refractivity contribution in [3.8, 4) is 0 Å². The average Bonchev–Trinajstić information content (AvgIpc) is 2.73. The Morgan fingerprint density at radius 1 is 0.857 bits per heavy atom. The Bertz CT molecular complexity index is 655. The van der Waals surface area contributed by atoms with Crippen LogP contribution in [-0.2, 0) is 19.1 Å². The van der Waals surface area contributed by atoms with Gasteiger partial charge in [0.15, 0.2) is 0 Å². The predicted octanol–water partition coefficient (Wildman–Crippen LogP) is 4.73. The van der Waals surface area contributed by atoms with E-state index in [1.807, 2.05) is 13.8 Å². The topological polar surface area (TPSA) is 52.6 Å². The third-order valence-electron chi connectivity index (χ3n) is 5.51. The average molecular weight is 533 g/mol. The van der Waals surface area contributed by atoms with Crippen LogP contribution in [0.5, 0.6) is 0 Å². The van der Waals surface area contributed by atoms with E-state index in [0.717, 1.165) is 80.7 Å². The Labute approximate surface area is 219 Å². The summed E-state index contributed by atoms with van der Waals surface area (Å²) in [5.74, 6) is -0.477. The molecule has 0 amide bonds. The van der Waals surface area contributed by atoms with Gasteiger partial charge >= 0.3 is 11.9 Å². The van der Waals surface area contributed by atoms with Crippen molar-refractivity contribution in [2.45, 2.75) is 52.2 Å². The summed E-state index contributed by atoms with van der Waals surface area (Å²) < 4.78 is 13.4. The zero-order valence-corrected chi connectivity index (χ0v) is 25.9. The van der Waals surface area contributed by atoms with E-state index in [-0.39, 0.29) is 32.1 Å². The van der Waals surface area contributed by atoms with Gasteiger partial charge < -0.3 is 18.4 Å². The molecule has 8 heteroatoms. The molecule has 0 aliphatic heterocycles. The Morgan fingerprint density at radius 3 is 1.89 bits per heavy atom. The Morgan fingerprint density at radius 2 is 1.40 bits per heavy atom. The molecule has 0 aromatic rings. The maximum Gasteiger partial charge on any atom is 0.330 e. The SMILES string of the molecule is CC=CC(=O)OC(CCCP(CC[N+](C)(C)C)CC(CC)OC(=O)C=CC)CPCC[N+](C)(C)C. The lowest BCUT2D eigenvalue weighted by molar-refractivity contribution is -0.867. The summed E-state index contributed by atoms with van der Waals surface area (Å²) in [5, 5.41) is 0. The molecule has 0 N–H and O–H groups in total. The van der Waals surface area contributed by atoms with Gasteiger partial charge in [0.25, 0.3) is 0 Å². The van der Waals surface area contributed by atoms with Gasteiger partial charge in [0.2, 0.25) is 0 Å². The summed E-state index contributed by atoms with van der Waals surface area (Å²) in [6.07, 6.45) is 14.5. The van der Waals surface area contributed by atoms with E-state index in [1.54, 1.807) is 12.2 Å². The molecule has 4 atom stereocenters. The molecule has 4 unspecified atom stereocenters. The molecule has 0 aliphatic carbocycles. The fourth-order valence-corrected chi connectivity index (χ4v) is 8.03. The molecule has 6 nitrogen and oxygen atoms in total. The summed E-state index contributed by atoms with van der Waals surface area (Å²) in [6.45, 7) is 8.01. The van der Waals surface area contributed by atoms with Crippen molar-refractivity contribution in [2.24, 2.45) is 0 Å². The standard InChI is InChI=1S/C27H54N2O4P2/c1-10-14-26(30)32-24(12-3)23-35(21-18-29(7,8)9)20-13-16-25(33-27(31)15-11-2)22-34-19-17-28(4,5)6/h10-11,14-15,24-25,34H,12-13,16-23H2,1-9H3/q+2. The first-order valence-corrected chi connectivity index (χ1v) is 16.3. The van der Waals surface area contributed by atoms with Crippen molar-refractivity contribution >= 4 is 28.4 Å². The second kappa shape index (κ2) is 18.4. The normalized spacial score (nSPS) is 15.7. The quantitative estimate of drug-likeness (QED) is 0.0794. The smallest absolute Gasteiger partial charge is 0.330 e. The van der Waals surface area contributed by atoms with E-state index in [4.69, 9.17) is 9.47 Å². The van der Waals surface area contributed by atoms with E-state index in [2.05, 4.69) is 49.2 Å². The minimum absolute atomic E-state index is 0.0192. The predicted molar refractivity (Wildman–Crippen MR) is 154 cm³/mol. The van der Waals surface area contributed by atoms with Crippen molar-refractivity contribution in [3.05, 3.63) is 24.3 Å². The van der Waals surface area contributed by atoms with Crippen molar-refractivity contribution in [1.29, 1.82) is 0 Å². The molecule has 0 radical (unpaired) electrons. The van der Waals surface area contributed by atoms with Crippen LogP contribution in [0, 0.1) is 0 Å². The van der Waals surface area contributed by atoms with Crippen molar-refractivity contribution in [3.63, 3.8) is 0 Å². The third kappa shape index (κ3) is 21.0. The van der Waals surface area contributed by atoms with Gasteiger partial charge in [-0.3, -0.25) is 0 Å². The molecule has 0 saturated heterocycles. The van der Waals surface area contributed by atoms with Gasteiger partial charge in [-0.05, 0) is 39.3 Å². The molecule has 0 aromatic carbocycles. The molecule has 0 rings (SSSR count). The molecule has 0 heterocycles. The highest BCUT2D eigenvalue weighted by Crippen LogP contribution is 2.39. The minimum Gasteiger partial charge on any atom is -0.459 e. The van der Waals surface area contributed by atoms with Gasteiger partial charge in [0.1, 0.15) is 12.2 Å². The highest BCUT2D eigenvalue weighted by Gasteiger charge is 2.21. The minimum atomic E-state index is -0.271. The van der Waals surface area contributed by atoms with E-state index >= 15 is 0 Å². The molecular weight excluding hydrogens is 478 g/mol. The summed E-state index contributed by atoms with van der Waals surface area (Å²) in [5.41, 5.74) is 0. The summed E-state index contributed by atoms with van der Waals surface area (Å²) in [7, 11) is 13.9. The highest BCUT2D eigenvalue weighted by molar-refractivity contribution is 7.57. The van der Waals surface area contributed by atoms with Crippen LogP contribution in [0.25, 0.3) is 0 Å². The molecule has 0 fully saturated rings. The zero-order valence-electron chi connectivity index (χ0n) is 24.0. The summed E-state index contributed by atoms with van der Waals surface area (Å²) in [4.78, 5) is 24.1. The van der Waals surface area contributed by atoms with Crippen molar-refractivity contribution < 1.29 is 28.0 Å². The van der Waals surface area contributed by atoms with Crippen molar-refractivity contribution in [1.82, 2.24) is 0 Å². The number of quaternary nitrogens is 2. The zero-order chi connectivity index (χ0) is 26.9. The van der Waals surface area contributed by atoms with Crippen LogP contribution in [-0.4, -0.2) is 119 Å². The number of carbonyl (C=O) groups is 2. The second-order valence-corrected chi connectivity index (χ2v) is 15.2. The van der Waals surface area contributed by atoms with Crippen LogP contribution in [0.2, 0.25) is 0 Å². The Balaban J connectivity index is 5.05. The third-order valence-corrected chi connectivity index (χ3v) is 9.53. The summed E-state index contributed by atoms with van der Waals surface area (Å²) >= 11 is 0. The number of hydrogen-bond acceptors (Lipinski definition) is 4. The number of esters is 2. The lowest BCUT2D eigenvalue weighted by Crippen LogP contribution is -2.37. The molecule has 0 saturated carbocycles. The monoisotopic (exact) mass is 532 g/mol. The van der Waals surface area contributed by atoms with Gasteiger partial charge in [0.05, 0.1) is 55.4 Å². The first-order chi connectivity index (χ1) is 16.3. The van der Waals surface area contributed by atoms with Crippen LogP contribution < -0.4 is 0 Å². The number of carbonyl (C=O) groups excluding carboxylic acids is 2. The molecule has 0 bridgehead atoms. The number of nitrogens with zero attached hydrogens (tertiary/aromatic N) is 2. The van der Waals surface area contributed by atoms with E-state index in [0.29, 0.717) is 0 Å². The van der Waals surface area contributed by atoms with Gasteiger partial charge in [-0.1, -0.05) is 27.0 Å². The van der Waals surface area contributed by atoms with Crippen LogP contribution >= 0.6 is 16.5 Å². The fraction of sp³-hybridized carbons (Fsp3) is 0.778. The molecule has 204 valence electrons. The maximum atomic E-state index is 12.1. The second-order valence-electron chi connectivity index (χ2n) is 11.2. The van der Waals surface area contributed by atoms with Gasteiger partial charge in [0, 0.05) is 36.8 Å². The Hall–Kier alpha value is -0.800. The fourth-order valence-electron chi connectivity index (χ4n) is 3.38.